The van der Waals surface area contributed by atoms with Gasteiger partial charge >= 0.3 is 0 Å². The summed E-state index contributed by atoms with van der Waals surface area (Å²) in [6, 6.07) is 0. The van der Waals surface area contributed by atoms with Gasteiger partial charge in [0.1, 0.15) is 5.78 Å². The van der Waals surface area contributed by atoms with Crippen molar-refractivity contribution in [3.8, 4) is 0 Å². The minimum Gasteiger partial charge on any atom is -0.299 e. The summed E-state index contributed by atoms with van der Waals surface area (Å²) in [6.45, 7) is 2.25. The van der Waals surface area contributed by atoms with Crippen molar-refractivity contribution < 1.29 is 4.79 Å². The normalized spacial score (nSPS) is 17.2. The van der Waals surface area contributed by atoms with Gasteiger partial charge in [-0.05, 0) is 19.3 Å². The summed E-state index contributed by atoms with van der Waals surface area (Å²) in [7, 11) is 0. The quantitative estimate of drug-likeness (QED) is 0.500. The highest BCUT2D eigenvalue weighted by Crippen LogP contribution is 2.26. The van der Waals surface area contributed by atoms with Crippen LogP contribution < -0.4 is 0 Å². The Morgan fingerprint density at radius 2 is 1.47 bits per heavy atom. The second kappa shape index (κ2) is 9.67. The molecule has 0 aromatic rings. The van der Waals surface area contributed by atoms with Crippen LogP contribution in [0.15, 0.2) is 0 Å². The molecule has 0 unspecified atom stereocenters. The minimum atomic E-state index is 0.434. The standard InChI is InChI=1S/C16H30O/c1-2-3-4-5-6-7-11-14-16(17)15-12-9-8-10-13-15/h15H,2-14H2,1H3. The highest BCUT2D eigenvalue weighted by molar-refractivity contribution is 5.80. The van der Waals surface area contributed by atoms with Gasteiger partial charge in [-0.15, -0.1) is 0 Å². The van der Waals surface area contributed by atoms with Crippen LogP contribution in [0, 0.1) is 5.92 Å². The van der Waals surface area contributed by atoms with Crippen molar-refractivity contribution in [3.63, 3.8) is 0 Å². The molecule has 0 heterocycles. The molecule has 17 heavy (non-hydrogen) atoms. The number of Topliss-reactive ketones (excluding diaryl/α,β-unsaturated/α-hetero) is 1. The molecule has 0 aromatic carbocycles. The van der Waals surface area contributed by atoms with Gasteiger partial charge in [-0.3, -0.25) is 4.79 Å². The number of ketones is 1. The minimum absolute atomic E-state index is 0.434. The van der Waals surface area contributed by atoms with Crippen molar-refractivity contribution in [1.29, 1.82) is 0 Å². The molecule has 0 amide bonds. The van der Waals surface area contributed by atoms with Crippen molar-refractivity contribution >= 4 is 5.78 Å². The topological polar surface area (TPSA) is 17.1 Å². The fourth-order valence-corrected chi connectivity index (χ4v) is 2.89. The lowest BCUT2D eigenvalue weighted by molar-refractivity contribution is -0.123. The molecule has 0 aliphatic heterocycles. The summed E-state index contributed by atoms with van der Waals surface area (Å²) in [6.07, 6.45) is 16.3. The van der Waals surface area contributed by atoms with E-state index in [2.05, 4.69) is 6.92 Å². The monoisotopic (exact) mass is 238 g/mol. The average Bonchev–Trinajstić information content (AvgIpc) is 2.38. The van der Waals surface area contributed by atoms with Crippen molar-refractivity contribution in [2.45, 2.75) is 90.4 Å². The van der Waals surface area contributed by atoms with Gasteiger partial charge in [0.15, 0.2) is 0 Å². The smallest absolute Gasteiger partial charge is 0.135 e. The van der Waals surface area contributed by atoms with E-state index >= 15 is 0 Å². The van der Waals surface area contributed by atoms with Crippen LogP contribution in [0.25, 0.3) is 0 Å². The predicted molar refractivity (Wildman–Crippen MR) is 74.2 cm³/mol. The van der Waals surface area contributed by atoms with Crippen LogP contribution in [-0.4, -0.2) is 5.78 Å². The molecular formula is C16H30O. The summed E-state index contributed by atoms with van der Waals surface area (Å²) in [5.41, 5.74) is 0. The molecule has 1 aliphatic rings. The van der Waals surface area contributed by atoms with E-state index in [4.69, 9.17) is 0 Å². The van der Waals surface area contributed by atoms with E-state index in [9.17, 15) is 4.79 Å². The van der Waals surface area contributed by atoms with E-state index in [1.165, 1.54) is 70.6 Å². The third-order valence-corrected chi connectivity index (χ3v) is 4.09. The Balaban J connectivity index is 1.92. The van der Waals surface area contributed by atoms with Gasteiger partial charge in [0.25, 0.3) is 0 Å². The lowest BCUT2D eigenvalue weighted by atomic mass is 9.84. The van der Waals surface area contributed by atoms with Crippen LogP contribution in [0.4, 0.5) is 0 Å². The number of carbonyl (C=O) groups is 1. The maximum Gasteiger partial charge on any atom is 0.135 e. The van der Waals surface area contributed by atoms with E-state index < -0.39 is 0 Å². The van der Waals surface area contributed by atoms with Crippen LogP contribution in [0.3, 0.4) is 0 Å². The third kappa shape index (κ3) is 6.85. The molecule has 0 aromatic heterocycles. The van der Waals surface area contributed by atoms with Gasteiger partial charge in [0.2, 0.25) is 0 Å². The fourth-order valence-electron chi connectivity index (χ4n) is 2.89. The van der Waals surface area contributed by atoms with Crippen LogP contribution in [0.5, 0.6) is 0 Å². The first-order chi connectivity index (χ1) is 8.34. The molecule has 1 heteroatoms. The molecule has 0 spiro atoms. The third-order valence-electron chi connectivity index (χ3n) is 4.09. The zero-order valence-corrected chi connectivity index (χ0v) is 11.7. The second-order valence-corrected chi connectivity index (χ2v) is 5.67. The summed E-state index contributed by atoms with van der Waals surface area (Å²) >= 11 is 0. The molecule has 1 fully saturated rings. The zero-order valence-electron chi connectivity index (χ0n) is 11.7. The molecule has 0 atom stereocenters. The summed E-state index contributed by atoms with van der Waals surface area (Å²) in [5.74, 6) is 1.00. The molecule has 100 valence electrons. The van der Waals surface area contributed by atoms with Gasteiger partial charge in [-0.25, -0.2) is 0 Å². The highest BCUT2D eigenvalue weighted by atomic mass is 16.1. The first-order valence-electron chi connectivity index (χ1n) is 7.87. The Bertz CT molecular complexity index is 192. The molecule has 0 saturated heterocycles. The van der Waals surface area contributed by atoms with Gasteiger partial charge < -0.3 is 0 Å². The summed E-state index contributed by atoms with van der Waals surface area (Å²) in [4.78, 5) is 11.9. The van der Waals surface area contributed by atoms with Crippen molar-refractivity contribution in [1.82, 2.24) is 0 Å². The summed E-state index contributed by atoms with van der Waals surface area (Å²) < 4.78 is 0. The van der Waals surface area contributed by atoms with Crippen LogP contribution in [0.1, 0.15) is 90.4 Å². The predicted octanol–water partition coefficient (Wildman–Crippen LogP) is 5.28. The van der Waals surface area contributed by atoms with Crippen molar-refractivity contribution in [3.05, 3.63) is 0 Å². The van der Waals surface area contributed by atoms with E-state index in [0.717, 1.165) is 12.8 Å². The lowest BCUT2D eigenvalue weighted by Gasteiger charge is -2.20. The maximum atomic E-state index is 11.9. The van der Waals surface area contributed by atoms with E-state index in [0.29, 0.717) is 11.7 Å². The molecule has 1 rings (SSSR count). The SMILES string of the molecule is CCCCCCCCCC(=O)C1CCCCC1. The molecule has 0 radical (unpaired) electrons. The summed E-state index contributed by atoms with van der Waals surface area (Å²) in [5, 5.41) is 0. The molecule has 0 bridgehead atoms. The first kappa shape index (κ1) is 14.7. The van der Waals surface area contributed by atoms with E-state index in [1.54, 1.807) is 0 Å². The van der Waals surface area contributed by atoms with Crippen LogP contribution in [-0.2, 0) is 4.79 Å². The Kier molecular flexibility index (Phi) is 8.38. The van der Waals surface area contributed by atoms with Gasteiger partial charge in [-0.1, -0.05) is 64.7 Å². The Morgan fingerprint density at radius 3 is 2.12 bits per heavy atom. The maximum absolute atomic E-state index is 11.9. The van der Waals surface area contributed by atoms with Gasteiger partial charge in [0.05, 0.1) is 0 Å². The highest BCUT2D eigenvalue weighted by Gasteiger charge is 2.19. The Hall–Kier alpha value is -0.330. The van der Waals surface area contributed by atoms with Crippen LogP contribution >= 0.6 is 0 Å². The average molecular weight is 238 g/mol. The molecule has 1 aliphatic carbocycles. The lowest BCUT2D eigenvalue weighted by Crippen LogP contribution is -2.17. The van der Waals surface area contributed by atoms with E-state index in [1.807, 2.05) is 0 Å². The van der Waals surface area contributed by atoms with Gasteiger partial charge in [0, 0.05) is 12.3 Å². The number of carbonyl (C=O) groups excluding carboxylic acids is 1. The first-order valence-corrected chi connectivity index (χ1v) is 7.87. The number of unbranched alkanes of at least 4 members (excludes halogenated alkanes) is 6. The van der Waals surface area contributed by atoms with E-state index in [-0.39, 0.29) is 0 Å². The number of hydrogen-bond donors (Lipinski definition) is 0. The van der Waals surface area contributed by atoms with Crippen molar-refractivity contribution in [2.24, 2.45) is 5.92 Å². The Labute approximate surface area is 107 Å². The molecule has 1 nitrogen and oxygen atoms in total. The number of hydrogen-bond acceptors (Lipinski definition) is 1. The van der Waals surface area contributed by atoms with Crippen molar-refractivity contribution in [2.75, 3.05) is 0 Å². The second-order valence-electron chi connectivity index (χ2n) is 5.67. The van der Waals surface area contributed by atoms with Crippen LogP contribution in [0.2, 0.25) is 0 Å². The molecular weight excluding hydrogens is 208 g/mol. The van der Waals surface area contributed by atoms with Gasteiger partial charge in [-0.2, -0.15) is 0 Å². The molecule has 0 N–H and O–H groups in total. The molecule has 1 saturated carbocycles. The number of rotatable bonds is 9. The Morgan fingerprint density at radius 1 is 0.882 bits per heavy atom. The fraction of sp³-hybridized carbons (Fsp3) is 0.938. The largest absolute Gasteiger partial charge is 0.299 e. The zero-order chi connectivity index (χ0) is 12.3.